The minimum absolute atomic E-state index is 0.241. The number of aromatic nitrogens is 2. The molecule has 0 N–H and O–H groups in total. The Labute approximate surface area is 113 Å². The van der Waals surface area contributed by atoms with E-state index in [0.29, 0.717) is 6.42 Å². The van der Waals surface area contributed by atoms with Crippen molar-refractivity contribution >= 4 is 5.78 Å². The first-order valence-electron chi connectivity index (χ1n) is 6.74. The molecule has 3 nitrogen and oxygen atoms in total. The molecule has 1 aliphatic carbocycles. The molecule has 1 aliphatic rings. The van der Waals surface area contributed by atoms with E-state index in [-0.39, 0.29) is 5.78 Å². The van der Waals surface area contributed by atoms with E-state index in [0.717, 1.165) is 35.4 Å². The van der Waals surface area contributed by atoms with Crippen LogP contribution >= 0.6 is 0 Å². The molecule has 0 aliphatic heterocycles. The van der Waals surface area contributed by atoms with Crippen LogP contribution in [0.2, 0.25) is 0 Å². The van der Waals surface area contributed by atoms with Crippen LogP contribution in [-0.2, 0) is 13.5 Å². The van der Waals surface area contributed by atoms with Crippen molar-refractivity contribution in [2.75, 3.05) is 0 Å². The van der Waals surface area contributed by atoms with Crippen LogP contribution in [0.15, 0.2) is 18.2 Å². The molecule has 19 heavy (non-hydrogen) atoms. The number of rotatable bonds is 1. The van der Waals surface area contributed by atoms with Gasteiger partial charge in [0.05, 0.1) is 17.0 Å². The quantitative estimate of drug-likeness (QED) is 0.783. The molecule has 0 spiro atoms. The second-order valence-corrected chi connectivity index (χ2v) is 5.39. The summed E-state index contributed by atoms with van der Waals surface area (Å²) in [5.41, 5.74) is 6.33. The van der Waals surface area contributed by atoms with Crippen molar-refractivity contribution in [2.24, 2.45) is 7.05 Å². The van der Waals surface area contributed by atoms with E-state index in [2.05, 4.69) is 37.1 Å². The highest BCUT2D eigenvalue weighted by atomic mass is 16.1. The largest absolute Gasteiger partial charge is 0.294 e. The van der Waals surface area contributed by atoms with Gasteiger partial charge in [-0.05, 0) is 38.3 Å². The molecule has 0 bridgehead atoms. The zero-order valence-corrected chi connectivity index (χ0v) is 11.7. The van der Waals surface area contributed by atoms with E-state index in [4.69, 9.17) is 0 Å². The van der Waals surface area contributed by atoms with Crippen LogP contribution in [0.1, 0.15) is 40.0 Å². The number of aryl methyl sites for hydroxylation is 4. The molecule has 0 unspecified atom stereocenters. The third kappa shape index (κ3) is 1.89. The Balaban J connectivity index is 2.28. The maximum Gasteiger partial charge on any atom is 0.166 e. The van der Waals surface area contributed by atoms with Gasteiger partial charge in [-0.3, -0.25) is 9.48 Å². The topological polar surface area (TPSA) is 34.9 Å². The van der Waals surface area contributed by atoms with Gasteiger partial charge in [-0.15, -0.1) is 0 Å². The first-order valence-corrected chi connectivity index (χ1v) is 6.74. The fraction of sp³-hybridized carbons (Fsp3) is 0.375. The number of nitrogens with zero attached hydrogens (tertiary/aromatic N) is 2. The molecule has 2 aromatic rings. The fourth-order valence-electron chi connectivity index (χ4n) is 2.89. The summed E-state index contributed by atoms with van der Waals surface area (Å²) in [4.78, 5) is 12.2. The van der Waals surface area contributed by atoms with Crippen LogP contribution in [0.3, 0.4) is 0 Å². The summed E-state index contributed by atoms with van der Waals surface area (Å²) in [7, 11) is 1.93. The normalized spacial score (nSPS) is 14.6. The molecule has 0 saturated heterocycles. The molecule has 3 rings (SSSR count). The highest BCUT2D eigenvalue weighted by molar-refractivity contribution is 6.03. The highest BCUT2D eigenvalue weighted by Gasteiger charge is 2.27. The maximum atomic E-state index is 12.2. The second-order valence-electron chi connectivity index (χ2n) is 5.39. The van der Waals surface area contributed by atoms with Crippen LogP contribution in [0.25, 0.3) is 11.3 Å². The number of ketones is 1. The highest BCUT2D eigenvalue weighted by Crippen LogP contribution is 2.33. The lowest BCUT2D eigenvalue weighted by Gasteiger charge is -2.12. The van der Waals surface area contributed by atoms with Gasteiger partial charge in [-0.1, -0.05) is 17.7 Å². The number of hydrogen-bond acceptors (Lipinski definition) is 2. The Morgan fingerprint density at radius 3 is 2.79 bits per heavy atom. The minimum atomic E-state index is 0.241. The van der Waals surface area contributed by atoms with Crippen LogP contribution < -0.4 is 0 Å². The average Bonchev–Trinajstić information content (AvgIpc) is 2.70. The standard InChI is InChI=1S/C16H18N2O/c1-10-7-8-11(2)12(9-10)16-15-13(17-18(16)3)5-4-6-14(15)19/h7-9H,4-6H2,1-3H3. The molecule has 3 heteroatoms. The third-order valence-electron chi connectivity index (χ3n) is 3.86. The summed E-state index contributed by atoms with van der Waals surface area (Å²) >= 11 is 0. The van der Waals surface area contributed by atoms with Crippen LogP contribution in [-0.4, -0.2) is 15.6 Å². The minimum Gasteiger partial charge on any atom is -0.294 e. The van der Waals surface area contributed by atoms with Crippen LogP contribution in [0.4, 0.5) is 0 Å². The summed E-state index contributed by atoms with van der Waals surface area (Å²) in [5.74, 6) is 0.241. The van der Waals surface area contributed by atoms with E-state index in [9.17, 15) is 4.79 Å². The molecule has 1 heterocycles. The summed E-state index contributed by atoms with van der Waals surface area (Å²) in [6, 6.07) is 6.36. The predicted molar refractivity (Wildman–Crippen MR) is 75.4 cm³/mol. The summed E-state index contributed by atoms with van der Waals surface area (Å²) in [6.45, 7) is 4.16. The summed E-state index contributed by atoms with van der Waals surface area (Å²) < 4.78 is 1.87. The number of benzene rings is 1. The first kappa shape index (κ1) is 12.2. The van der Waals surface area contributed by atoms with Gasteiger partial charge in [0, 0.05) is 19.0 Å². The van der Waals surface area contributed by atoms with Crippen molar-refractivity contribution < 1.29 is 4.79 Å². The smallest absolute Gasteiger partial charge is 0.166 e. The van der Waals surface area contributed by atoms with Crippen molar-refractivity contribution in [1.82, 2.24) is 9.78 Å². The van der Waals surface area contributed by atoms with Crippen molar-refractivity contribution in [3.05, 3.63) is 40.6 Å². The third-order valence-corrected chi connectivity index (χ3v) is 3.86. The van der Waals surface area contributed by atoms with Crippen molar-refractivity contribution in [3.8, 4) is 11.3 Å². The van der Waals surface area contributed by atoms with E-state index in [1.807, 2.05) is 11.7 Å². The zero-order valence-electron chi connectivity index (χ0n) is 11.7. The Morgan fingerprint density at radius 2 is 2.00 bits per heavy atom. The summed E-state index contributed by atoms with van der Waals surface area (Å²) in [6.07, 6.45) is 2.49. The van der Waals surface area contributed by atoms with E-state index in [1.165, 1.54) is 11.1 Å². The molecule has 0 amide bonds. The molecule has 1 aromatic carbocycles. The molecular formula is C16H18N2O. The first-order chi connectivity index (χ1) is 9.08. The maximum absolute atomic E-state index is 12.2. The lowest BCUT2D eigenvalue weighted by atomic mass is 9.91. The van der Waals surface area contributed by atoms with Crippen molar-refractivity contribution in [1.29, 1.82) is 0 Å². The number of Topliss-reactive ketones (excluding diaryl/α,β-unsaturated/α-hetero) is 1. The lowest BCUT2D eigenvalue weighted by Crippen LogP contribution is -2.10. The van der Waals surface area contributed by atoms with Gasteiger partial charge < -0.3 is 0 Å². The van der Waals surface area contributed by atoms with Gasteiger partial charge in [0.1, 0.15) is 0 Å². The molecule has 0 fully saturated rings. The molecule has 98 valence electrons. The molecule has 0 saturated carbocycles. The molecule has 1 aromatic heterocycles. The van der Waals surface area contributed by atoms with Crippen molar-refractivity contribution in [2.45, 2.75) is 33.1 Å². The van der Waals surface area contributed by atoms with E-state index >= 15 is 0 Å². The SMILES string of the molecule is Cc1ccc(C)c(-c2c3c(nn2C)CCCC3=O)c1. The van der Waals surface area contributed by atoms with Gasteiger partial charge in [0.25, 0.3) is 0 Å². The molecule has 0 radical (unpaired) electrons. The van der Waals surface area contributed by atoms with Crippen molar-refractivity contribution in [3.63, 3.8) is 0 Å². The van der Waals surface area contributed by atoms with Gasteiger partial charge in [0.15, 0.2) is 5.78 Å². The fourth-order valence-corrected chi connectivity index (χ4v) is 2.89. The Hall–Kier alpha value is -1.90. The Bertz CT molecular complexity index is 668. The zero-order chi connectivity index (χ0) is 13.6. The number of carbonyl (C=O) groups is 1. The predicted octanol–water partition coefficient (Wildman–Crippen LogP) is 3.22. The van der Waals surface area contributed by atoms with Gasteiger partial charge in [0.2, 0.25) is 0 Å². The monoisotopic (exact) mass is 254 g/mol. The Kier molecular flexibility index (Phi) is 2.77. The molecular weight excluding hydrogens is 236 g/mol. The molecule has 0 atom stereocenters. The van der Waals surface area contributed by atoms with Crippen LogP contribution in [0.5, 0.6) is 0 Å². The van der Waals surface area contributed by atoms with Gasteiger partial charge in [-0.25, -0.2) is 0 Å². The number of hydrogen-bond donors (Lipinski definition) is 0. The number of fused-ring (bicyclic) bond motifs is 1. The Morgan fingerprint density at radius 1 is 1.21 bits per heavy atom. The lowest BCUT2D eigenvalue weighted by molar-refractivity contribution is 0.0973. The average molecular weight is 254 g/mol. The second kappa shape index (κ2) is 4.34. The number of carbonyl (C=O) groups excluding carboxylic acids is 1. The summed E-state index contributed by atoms with van der Waals surface area (Å²) in [5, 5.41) is 4.54. The van der Waals surface area contributed by atoms with E-state index in [1.54, 1.807) is 0 Å². The van der Waals surface area contributed by atoms with E-state index < -0.39 is 0 Å². The van der Waals surface area contributed by atoms with Gasteiger partial charge >= 0.3 is 0 Å². The van der Waals surface area contributed by atoms with Gasteiger partial charge in [-0.2, -0.15) is 5.10 Å². The van der Waals surface area contributed by atoms with Crippen LogP contribution in [0, 0.1) is 13.8 Å².